The van der Waals surface area contributed by atoms with E-state index in [9.17, 15) is 24.8 Å². The van der Waals surface area contributed by atoms with Crippen molar-refractivity contribution in [2.24, 2.45) is 15.8 Å². The van der Waals surface area contributed by atoms with Gasteiger partial charge in [0.15, 0.2) is 0 Å². The molecule has 2 fully saturated rings. The van der Waals surface area contributed by atoms with Gasteiger partial charge in [-0.05, 0) is 49.7 Å². The molecule has 38 heavy (non-hydrogen) atoms. The summed E-state index contributed by atoms with van der Waals surface area (Å²) in [6, 6.07) is 4.87. The van der Waals surface area contributed by atoms with E-state index < -0.39 is 46.9 Å². The van der Waals surface area contributed by atoms with Gasteiger partial charge in [-0.3, -0.25) is 19.4 Å². The number of carbonyl (C=O) groups is 3. The molecule has 1 saturated carbocycles. The maximum Gasteiger partial charge on any atom is 0.246 e. The minimum Gasteiger partial charge on any atom is -0.507 e. The van der Waals surface area contributed by atoms with Crippen LogP contribution in [0.15, 0.2) is 23.2 Å². The van der Waals surface area contributed by atoms with Gasteiger partial charge in [-0.15, -0.1) is 11.8 Å². The number of amides is 3. The molecular weight excluding hydrogens is 509 g/mol. The number of benzene rings is 1. The van der Waals surface area contributed by atoms with Crippen molar-refractivity contribution in [1.29, 1.82) is 5.26 Å². The van der Waals surface area contributed by atoms with Gasteiger partial charge in [-0.1, -0.05) is 32.9 Å². The zero-order valence-corrected chi connectivity index (χ0v) is 22.8. The molecule has 0 radical (unpaired) electrons. The standard InChI is InChI=1S/C27H34FN5O4S/c1-15-20(38-14-30-15)16-7-8-17(19(34)12-16)22(28)32-23(35)18-6-5-11-33(18)24(36)21(26(2,3)4)31-25(37)27(13-29)9-10-27/h7-8,12,14-15,18,20-22,34H,5-6,9-11H2,1-4H3,(H,31,37)(H,32,35)/t15?,18-,20?,21?,22?/m0/s1. The van der Waals surface area contributed by atoms with Gasteiger partial charge < -0.3 is 20.6 Å². The number of halogens is 1. The number of rotatable bonds is 7. The lowest BCUT2D eigenvalue weighted by Gasteiger charge is -2.36. The molecule has 0 bridgehead atoms. The third kappa shape index (κ3) is 5.51. The summed E-state index contributed by atoms with van der Waals surface area (Å²) >= 11 is 1.52. The highest BCUT2D eigenvalue weighted by Crippen LogP contribution is 2.45. The number of aliphatic imine (C=N–C) groups is 1. The van der Waals surface area contributed by atoms with Gasteiger partial charge in [0.2, 0.25) is 24.0 Å². The van der Waals surface area contributed by atoms with Crippen molar-refractivity contribution < 1.29 is 23.9 Å². The summed E-state index contributed by atoms with van der Waals surface area (Å²) in [6.07, 6.45) is -0.172. The van der Waals surface area contributed by atoms with Crippen LogP contribution < -0.4 is 10.6 Å². The first kappa shape index (κ1) is 27.9. The van der Waals surface area contributed by atoms with Gasteiger partial charge in [0.25, 0.3) is 0 Å². The van der Waals surface area contributed by atoms with Crippen LogP contribution >= 0.6 is 11.8 Å². The molecule has 1 aromatic carbocycles. The topological polar surface area (TPSA) is 135 Å². The highest BCUT2D eigenvalue weighted by Gasteiger charge is 2.53. The van der Waals surface area contributed by atoms with E-state index in [1.165, 1.54) is 28.8 Å². The second kappa shape index (κ2) is 10.6. The van der Waals surface area contributed by atoms with Gasteiger partial charge in [0.05, 0.1) is 22.9 Å². The number of aromatic hydroxyl groups is 1. The number of likely N-dealkylation sites (tertiary alicyclic amines) is 1. The second-order valence-corrected chi connectivity index (χ2v) is 12.4. The highest BCUT2D eigenvalue weighted by molar-refractivity contribution is 8.12. The fourth-order valence-corrected chi connectivity index (χ4v) is 5.89. The van der Waals surface area contributed by atoms with E-state index in [4.69, 9.17) is 0 Å². The summed E-state index contributed by atoms with van der Waals surface area (Å²) in [6.45, 7) is 7.65. The number of thioether (sulfide) groups is 1. The highest BCUT2D eigenvalue weighted by atomic mass is 32.2. The van der Waals surface area contributed by atoms with E-state index in [2.05, 4.69) is 15.6 Å². The molecule has 204 valence electrons. The minimum atomic E-state index is -1.97. The molecule has 1 saturated heterocycles. The number of nitrogens with one attached hydrogen (secondary N) is 2. The Labute approximate surface area is 226 Å². The number of phenols is 1. The lowest BCUT2D eigenvalue weighted by atomic mass is 9.85. The minimum absolute atomic E-state index is 0.0277. The zero-order valence-electron chi connectivity index (χ0n) is 22.0. The van der Waals surface area contributed by atoms with Crippen LogP contribution in [0.3, 0.4) is 0 Å². The lowest BCUT2D eigenvalue weighted by Crippen LogP contribution is -2.58. The van der Waals surface area contributed by atoms with Crippen LogP contribution in [-0.2, 0) is 14.4 Å². The van der Waals surface area contributed by atoms with Crippen LogP contribution in [0.25, 0.3) is 0 Å². The SMILES string of the molecule is CC1N=CSC1c1ccc(C(F)NC(=O)[C@@H]2CCCN2C(=O)C(NC(=O)C2(C#N)CC2)C(C)(C)C)c(O)c1. The summed E-state index contributed by atoms with van der Waals surface area (Å²) in [4.78, 5) is 45.1. The summed E-state index contributed by atoms with van der Waals surface area (Å²) in [5.74, 6) is -1.86. The number of nitriles is 1. The van der Waals surface area contributed by atoms with Crippen molar-refractivity contribution >= 4 is 35.0 Å². The van der Waals surface area contributed by atoms with Crippen molar-refractivity contribution in [2.75, 3.05) is 6.54 Å². The first-order chi connectivity index (χ1) is 17.9. The van der Waals surface area contributed by atoms with E-state index in [0.29, 0.717) is 32.2 Å². The molecule has 3 N–H and O–H groups in total. The molecule has 1 aliphatic carbocycles. The van der Waals surface area contributed by atoms with Crippen LogP contribution in [0.1, 0.15) is 76.1 Å². The normalized spacial score (nSPS) is 25.4. The number of phenolic OH excluding ortho intramolecular Hbond substituents is 1. The molecule has 4 rings (SSSR count). The molecule has 3 aliphatic rings. The van der Waals surface area contributed by atoms with Gasteiger partial charge in [-0.25, -0.2) is 4.39 Å². The average molecular weight is 544 g/mol. The number of hydrogen-bond donors (Lipinski definition) is 3. The van der Waals surface area contributed by atoms with Gasteiger partial charge in [0.1, 0.15) is 23.2 Å². The third-order valence-corrected chi connectivity index (χ3v) is 8.69. The Hall–Kier alpha value is -3.13. The Morgan fingerprint density at radius 2 is 2.00 bits per heavy atom. The van der Waals surface area contributed by atoms with E-state index >= 15 is 4.39 Å². The first-order valence-electron chi connectivity index (χ1n) is 12.8. The predicted octanol–water partition coefficient (Wildman–Crippen LogP) is 3.51. The Morgan fingerprint density at radius 1 is 1.29 bits per heavy atom. The number of hydrogen-bond acceptors (Lipinski definition) is 7. The largest absolute Gasteiger partial charge is 0.507 e. The smallest absolute Gasteiger partial charge is 0.246 e. The molecular formula is C27H34FN5O4S. The van der Waals surface area contributed by atoms with Crippen molar-refractivity contribution in [3.05, 3.63) is 29.3 Å². The number of alkyl halides is 1. The van der Waals surface area contributed by atoms with Crippen molar-refractivity contribution in [2.45, 2.75) is 83.0 Å². The number of nitrogens with zero attached hydrogens (tertiary/aromatic N) is 3. The molecule has 4 unspecified atom stereocenters. The lowest BCUT2D eigenvalue weighted by molar-refractivity contribution is -0.144. The Morgan fingerprint density at radius 3 is 2.55 bits per heavy atom. The monoisotopic (exact) mass is 543 g/mol. The molecule has 9 nitrogen and oxygen atoms in total. The van der Waals surface area contributed by atoms with Crippen molar-refractivity contribution in [3.8, 4) is 11.8 Å². The molecule has 2 aliphatic heterocycles. The quantitative estimate of drug-likeness (QED) is 0.451. The summed E-state index contributed by atoms with van der Waals surface area (Å²) < 4.78 is 15.2. The Kier molecular flexibility index (Phi) is 7.75. The fraction of sp³-hybridized carbons (Fsp3) is 0.593. The molecule has 1 aromatic rings. The molecule has 0 aromatic heterocycles. The fourth-order valence-electron chi connectivity index (χ4n) is 4.90. The van der Waals surface area contributed by atoms with Crippen LogP contribution in [0.2, 0.25) is 0 Å². The van der Waals surface area contributed by atoms with E-state index in [1.807, 2.05) is 13.0 Å². The van der Waals surface area contributed by atoms with Gasteiger partial charge >= 0.3 is 0 Å². The molecule has 2 heterocycles. The Bertz CT molecular complexity index is 1190. The van der Waals surface area contributed by atoms with Crippen LogP contribution in [-0.4, -0.2) is 57.9 Å². The Balaban J connectivity index is 1.44. The molecule has 3 amide bonds. The summed E-state index contributed by atoms with van der Waals surface area (Å²) in [5, 5.41) is 24.9. The third-order valence-electron chi connectivity index (χ3n) is 7.49. The van der Waals surface area contributed by atoms with Crippen molar-refractivity contribution in [3.63, 3.8) is 0 Å². The zero-order chi connectivity index (χ0) is 27.8. The summed E-state index contributed by atoms with van der Waals surface area (Å²) in [7, 11) is 0. The first-order valence-corrected chi connectivity index (χ1v) is 13.8. The summed E-state index contributed by atoms with van der Waals surface area (Å²) in [5.41, 5.74) is 0.730. The van der Waals surface area contributed by atoms with E-state index in [0.717, 1.165) is 5.56 Å². The molecule has 11 heteroatoms. The van der Waals surface area contributed by atoms with Crippen LogP contribution in [0.4, 0.5) is 4.39 Å². The number of carbonyl (C=O) groups excluding carboxylic acids is 3. The second-order valence-electron chi connectivity index (χ2n) is 11.4. The van der Waals surface area contributed by atoms with E-state index in [1.54, 1.807) is 32.4 Å². The maximum absolute atomic E-state index is 15.2. The maximum atomic E-state index is 15.2. The van der Waals surface area contributed by atoms with Gasteiger partial charge in [-0.2, -0.15) is 5.26 Å². The predicted molar refractivity (Wildman–Crippen MR) is 142 cm³/mol. The van der Waals surface area contributed by atoms with Gasteiger partial charge in [0, 0.05) is 12.1 Å². The molecule has 0 spiro atoms. The van der Waals surface area contributed by atoms with Crippen molar-refractivity contribution in [1.82, 2.24) is 15.5 Å². The average Bonchev–Trinajstić information content (AvgIpc) is 3.28. The van der Waals surface area contributed by atoms with E-state index in [-0.39, 0.29) is 22.6 Å². The van der Waals surface area contributed by atoms with Crippen LogP contribution in [0, 0.1) is 22.2 Å². The van der Waals surface area contributed by atoms with Crippen LogP contribution in [0.5, 0.6) is 5.75 Å². The molecule has 5 atom stereocenters.